The molecule has 2 aromatic rings. The van der Waals surface area contributed by atoms with Crippen molar-refractivity contribution in [3.05, 3.63) is 64.2 Å². The lowest BCUT2D eigenvalue weighted by molar-refractivity contribution is -0.131. The summed E-state index contributed by atoms with van der Waals surface area (Å²) in [5, 5.41) is 13.6. The van der Waals surface area contributed by atoms with Gasteiger partial charge in [0.2, 0.25) is 11.8 Å². The number of likely N-dealkylation sites (N-methyl/N-ethyl adjacent to an activating group) is 1. The Morgan fingerprint density at radius 3 is 2.54 bits per heavy atom. The second-order valence-electron chi connectivity index (χ2n) is 14.7. The van der Waals surface area contributed by atoms with Crippen molar-refractivity contribution in [3.8, 4) is 0 Å². The molecule has 0 saturated carbocycles. The third-order valence-corrected chi connectivity index (χ3v) is 11.3. The molecule has 4 aliphatic heterocycles. The summed E-state index contributed by atoms with van der Waals surface area (Å²) in [4.78, 5) is 71.7. The smallest absolute Gasteiger partial charge is 0.264 e. The number of aldehydes is 1. The maximum atomic E-state index is 14.3. The molecule has 0 bridgehead atoms. The van der Waals surface area contributed by atoms with E-state index in [4.69, 9.17) is 15.7 Å². The van der Waals surface area contributed by atoms with Crippen molar-refractivity contribution in [1.82, 2.24) is 25.0 Å². The number of aliphatic imine (C=N–C) groups is 1. The van der Waals surface area contributed by atoms with Gasteiger partial charge in [0.15, 0.2) is 0 Å². The molecule has 0 aromatic heterocycles. The van der Waals surface area contributed by atoms with Gasteiger partial charge in [-0.05, 0) is 68.4 Å². The number of amides is 4. The number of hydrogen-bond donors (Lipinski definition) is 2. The molecule has 0 spiro atoms. The summed E-state index contributed by atoms with van der Waals surface area (Å²) in [5.74, 6) is 4.86. The van der Waals surface area contributed by atoms with Crippen LogP contribution in [0.2, 0.25) is 0 Å². The molecule has 304 valence electrons. The van der Waals surface area contributed by atoms with Crippen LogP contribution in [0, 0.1) is 5.92 Å². The van der Waals surface area contributed by atoms with Gasteiger partial charge in [0, 0.05) is 71.4 Å². The number of likely N-dealkylation sites (tertiary alicyclic amines) is 1. The van der Waals surface area contributed by atoms with Crippen LogP contribution in [-0.4, -0.2) is 132 Å². The Hall–Kier alpha value is -5.58. The average Bonchev–Trinajstić information content (AvgIpc) is 3.72. The summed E-state index contributed by atoms with van der Waals surface area (Å²) in [7, 11) is 3.38. The molecule has 2 fully saturated rings. The molecule has 3 N–H and O–H groups in total. The van der Waals surface area contributed by atoms with Crippen LogP contribution in [-0.2, 0) is 25.5 Å². The molecule has 0 radical (unpaired) electrons. The number of carbonyl (C=O) groups excluding carboxylic acids is 5. The summed E-state index contributed by atoms with van der Waals surface area (Å²) in [6.45, 7) is 4.98. The molecule has 4 heterocycles. The Bertz CT molecular complexity index is 1970. The fourth-order valence-corrected chi connectivity index (χ4v) is 8.22. The zero-order chi connectivity index (χ0) is 40.8. The molecule has 3 atom stereocenters. The van der Waals surface area contributed by atoms with E-state index in [9.17, 15) is 32.8 Å². The first-order chi connectivity index (χ1) is 27.5. The maximum Gasteiger partial charge on any atom is 0.264 e. The Balaban J connectivity index is 1.15. The van der Waals surface area contributed by atoms with Crippen LogP contribution in [0.4, 0.5) is 14.5 Å². The van der Waals surface area contributed by atoms with Gasteiger partial charge < -0.3 is 30.5 Å². The van der Waals surface area contributed by atoms with Gasteiger partial charge in [0.05, 0.1) is 41.0 Å². The number of rotatable bonds is 14. The van der Waals surface area contributed by atoms with E-state index < -0.39 is 30.2 Å². The summed E-state index contributed by atoms with van der Waals surface area (Å²) in [6, 6.07) is 8.22. The highest BCUT2D eigenvalue weighted by Gasteiger charge is 2.46. The van der Waals surface area contributed by atoms with Crippen LogP contribution in [0.1, 0.15) is 89.3 Å². The number of carbonyl (C=O) groups is 5. The van der Waals surface area contributed by atoms with Crippen molar-refractivity contribution >= 4 is 53.4 Å². The Morgan fingerprint density at radius 2 is 1.86 bits per heavy atom. The highest BCUT2D eigenvalue weighted by atomic mass is 19.3. The second kappa shape index (κ2) is 18.1. The van der Waals surface area contributed by atoms with Gasteiger partial charge in [-0.3, -0.25) is 34.1 Å². The third-order valence-electron chi connectivity index (χ3n) is 11.3. The number of imide groups is 1. The number of hydrazone groups is 2. The number of nitrogens with zero attached hydrogens (tertiary/aromatic N) is 7. The molecule has 17 heteroatoms. The van der Waals surface area contributed by atoms with Gasteiger partial charge in [-0.15, -0.1) is 0 Å². The molecular weight excluding hydrogens is 740 g/mol. The molecule has 4 aliphatic rings. The van der Waals surface area contributed by atoms with E-state index in [2.05, 4.69) is 25.3 Å². The van der Waals surface area contributed by atoms with Gasteiger partial charge in [-0.1, -0.05) is 12.1 Å². The molecule has 57 heavy (non-hydrogen) atoms. The van der Waals surface area contributed by atoms with Gasteiger partial charge >= 0.3 is 0 Å². The molecule has 4 amide bonds. The predicted molar refractivity (Wildman–Crippen MR) is 209 cm³/mol. The number of alkyl halides is 2. The molecule has 2 saturated heterocycles. The maximum absolute atomic E-state index is 14.3. The van der Waals surface area contributed by atoms with Crippen molar-refractivity contribution in [2.45, 2.75) is 76.4 Å². The highest BCUT2D eigenvalue weighted by Crippen LogP contribution is 2.35. The van der Waals surface area contributed by atoms with Crippen molar-refractivity contribution in [2.24, 2.45) is 27.0 Å². The largest absolute Gasteiger partial charge is 0.381 e. The summed E-state index contributed by atoms with van der Waals surface area (Å²) < 4.78 is 34.2. The zero-order valence-electron chi connectivity index (χ0n) is 32.4. The molecular formula is C40H49F2N9O6. The number of nitrogens with one attached hydrogen (secondary N) is 1. The van der Waals surface area contributed by atoms with Crippen molar-refractivity contribution in [3.63, 3.8) is 0 Å². The molecule has 15 nitrogen and oxygen atoms in total. The van der Waals surface area contributed by atoms with E-state index >= 15 is 0 Å². The van der Waals surface area contributed by atoms with Crippen LogP contribution >= 0.6 is 0 Å². The van der Waals surface area contributed by atoms with Crippen LogP contribution < -0.4 is 11.2 Å². The fourth-order valence-electron chi connectivity index (χ4n) is 8.22. The Kier molecular flexibility index (Phi) is 13.1. The molecule has 3 unspecified atom stereocenters. The van der Waals surface area contributed by atoms with E-state index in [1.165, 1.54) is 37.5 Å². The molecule has 2 aromatic carbocycles. The van der Waals surface area contributed by atoms with Gasteiger partial charge in [0.25, 0.3) is 18.2 Å². The standard InChI is InChI=1S/C40H49F2N9O6/c1-24(53)49-16-12-34-32(23-49)37(47-51(34)27-13-18-57-19-14-27)48(3)15-4-6-25-8-10-28(36(41)42)30(20-25)33(46-43)22-45-26-9-11-29-31(21-26)40(56)50(39(29)55)35(7-5-17-52)38(54)44-2/h8-11,17,20-22,27,32,34-36H,4-7,12-16,18-19,23,43H2,1-3H3,(H,44,54)/b45-22?,46-33+. The minimum atomic E-state index is -2.83. The Morgan fingerprint density at radius 1 is 1.11 bits per heavy atom. The van der Waals surface area contributed by atoms with Crippen molar-refractivity contribution < 1.29 is 37.5 Å². The van der Waals surface area contributed by atoms with Gasteiger partial charge in [-0.2, -0.15) is 10.2 Å². The third kappa shape index (κ3) is 8.72. The molecule has 6 rings (SSSR count). The lowest BCUT2D eigenvalue weighted by atomic mass is 9.89. The predicted octanol–water partition coefficient (Wildman–Crippen LogP) is 3.29. The summed E-state index contributed by atoms with van der Waals surface area (Å²) >= 11 is 0. The van der Waals surface area contributed by atoms with Crippen LogP contribution in [0.25, 0.3) is 0 Å². The number of amidine groups is 1. The minimum absolute atomic E-state index is 0.0103. The number of fused-ring (bicyclic) bond motifs is 2. The number of piperidine rings is 1. The first-order valence-corrected chi connectivity index (χ1v) is 19.3. The monoisotopic (exact) mass is 789 g/mol. The number of hydrogen-bond acceptors (Lipinski definition) is 12. The zero-order valence-corrected chi connectivity index (χ0v) is 32.4. The normalized spacial score (nSPS) is 20.6. The van der Waals surface area contributed by atoms with Crippen LogP contribution in [0.5, 0.6) is 0 Å². The average molecular weight is 790 g/mol. The van der Waals surface area contributed by atoms with E-state index in [0.717, 1.165) is 35.6 Å². The lowest BCUT2D eigenvalue weighted by Gasteiger charge is -2.41. The second-order valence-corrected chi connectivity index (χ2v) is 14.7. The van der Waals surface area contributed by atoms with E-state index in [-0.39, 0.29) is 64.4 Å². The number of nitrogens with two attached hydrogens (primary N) is 1. The summed E-state index contributed by atoms with van der Waals surface area (Å²) in [6.07, 6.45) is 2.85. The topological polar surface area (TPSA) is 183 Å². The minimum Gasteiger partial charge on any atom is -0.381 e. The van der Waals surface area contributed by atoms with E-state index in [1.54, 1.807) is 19.1 Å². The van der Waals surface area contributed by atoms with Gasteiger partial charge in [0.1, 0.15) is 23.9 Å². The van der Waals surface area contributed by atoms with Crippen LogP contribution in [0.15, 0.2) is 51.6 Å². The quantitative estimate of drug-likeness (QED) is 0.0955. The SMILES string of the molecule is CNC(=O)C(CCC=O)N1C(=O)c2ccc(N=C/C(=N\N)c3cc(CCCN(C)C4=NN(C5CCOCC5)C5CCN(C(C)=O)CC45)ccc3C(F)F)cc2C1=O. The highest BCUT2D eigenvalue weighted by molar-refractivity contribution is 6.39. The fraction of sp³-hybridized carbons (Fsp3) is 0.500. The van der Waals surface area contributed by atoms with Gasteiger partial charge in [-0.25, -0.2) is 8.78 Å². The number of benzene rings is 2. The van der Waals surface area contributed by atoms with Crippen LogP contribution in [0.3, 0.4) is 0 Å². The number of halogens is 2. The lowest BCUT2D eigenvalue weighted by Crippen LogP contribution is -2.53. The number of aryl methyl sites for hydroxylation is 1. The van der Waals surface area contributed by atoms with E-state index in [0.29, 0.717) is 58.0 Å². The summed E-state index contributed by atoms with van der Waals surface area (Å²) in [5.41, 5.74) is 0.889. The first kappa shape index (κ1) is 41.1. The number of ether oxygens (including phenoxy) is 1. The first-order valence-electron chi connectivity index (χ1n) is 19.3. The van der Waals surface area contributed by atoms with E-state index in [1.807, 2.05) is 11.9 Å². The molecule has 0 aliphatic carbocycles. The Labute approximate surface area is 329 Å². The van der Waals surface area contributed by atoms with Crippen molar-refractivity contribution in [2.75, 3.05) is 46.9 Å². The van der Waals surface area contributed by atoms with Crippen molar-refractivity contribution in [1.29, 1.82) is 0 Å².